The summed E-state index contributed by atoms with van der Waals surface area (Å²) < 4.78 is 52.4. The number of ether oxygens (including phenoxy) is 1. The molecule has 0 bridgehead atoms. The third-order valence-electron chi connectivity index (χ3n) is 5.29. The van der Waals surface area contributed by atoms with Gasteiger partial charge in [0.25, 0.3) is 5.91 Å². The molecule has 1 heterocycles. The van der Waals surface area contributed by atoms with E-state index < -0.39 is 34.8 Å². The second kappa shape index (κ2) is 10.3. The minimum absolute atomic E-state index is 0.0310. The number of carbonyl (C=O) groups excluding carboxylic acids is 2. The molecule has 0 fully saturated rings. The Hall–Kier alpha value is -4.11. The molecule has 0 aliphatic carbocycles. The number of halogens is 4. The fourth-order valence-electron chi connectivity index (χ4n) is 3.68. The maximum absolute atomic E-state index is 13.9. The van der Waals surface area contributed by atoms with Crippen LogP contribution in [0.1, 0.15) is 47.1 Å². The Bertz CT molecular complexity index is 1470. The Labute approximate surface area is 221 Å². The second-order valence-electron chi connectivity index (χ2n) is 9.29. The molecule has 0 saturated carbocycles. The first kappa shape index (κ1) is 26.9. The summed E-state index contributed by atoms with van der Waals surface area (Å²) in [5, 5.41) is 6.24. The predicted octanol–water partition coefficient (Wildman–Crippen LogP) is 7.89. The van der Waals surface area contributed by atoms with Crippen molar-refractivity contribution in [3.05, 3.63) is 94.5 Å². The monoisotopic (exact) mass is 542 g/mol. The van der Waals surface area contributed by atoms with Gasteiger partial charge in [0.05, 0.1) is 16.1 Å². The molecular weight excluding hydrogens is 521 g/mol. The predicted molar refractivity (Wildman–Crippen MR) is 137 cm³/mol. The van der Waals surface area contributed by atoms with Gasteiger partial charge < -0.3 is 14.6 Å². The van der Waals surface area contributed by atoms with E-state index in [0.29, 0.717) is 5.56 Å². The summed E-state index contributed by atoms with van der Waals surface area (Å²) in [6, 6.07) is 17.6. The first-order chi connectivity index (χ1) is 17.8. The van der Waals surface area contributed by atoms with E-state index in [4.69, 9.17) is 20.9 Å². The van der Waals surface area contributed by atoms with Gasteiger partial charge in [-0.05, 0) is 57.2 Å². The van der Waals surface area contributed by atoms with E-state index in [-0.39, 0.29) is 33.3 Å². The SMILES string of the molecule is CC(C)(C)OC(=O)c1ccc(NC(=O)c2c(-c3c(Cl)cccc3C(F)(F)F)noc2-c2ccccc2)cc1. The summed E-state index contributed by atoms with van der Waals surface area (Å²) in [5.41, 5.74) is -1.83. The van der Waals surface area contributed by atoms with Gasteiger partial charge in [0, 0.05) is 16.8 Å². The molecule has 0 aliphatic rings. The molecule has 38 heavy (non-hydrogen) atoms. The normalized spacial score (nSPS) is 11.8. The largest absolute Gasteiger partial charge is 0.456 e. The first-order valence-corrected chi connectivity index (χ1v) is 11.8. The molecular formula is C28H22ClF3N2O4. The van der Waals surface area contributed by atoms with Crippen LogP contribution in [0.3, 0.4) is 0 Å². The van der Waals surface area contributed by atoms with Gasteiger partial charge >= 0.3 is 12.1 Å². The fraction of sp³-hybridized carbons (Fsp3) is 0.179. The zero-order valence-electron chi connectivity index (χ0n) is 20.5. The van der Waals surface area contributed by atoms with Gasteiger partial charge in [-0.15, -0.1) is 0 Å². The molecule has 1 amide bonds. The molecule has 3 aromatic carbocycles. The van der Waals surface area contributed by atoms with Crippen LogP contribution in [0.15, 0.2) is 77.3 Å². The Balaban J connectivity index is 1.76. The lowest BCUT2D eigenvalue weighted by Crippen LogP contribution is -2.23. The van der Waals surface area contributed by atoms with Crippen LogP contribution >= 0.6 is 11.6 Å². The molecule has 1 aromatic heterocycles. The zero-order valence-corrected chi connectivity index (χ0v) is 21.3. The van der Waals surface area contributed by atoms with E-state index in [9.17, 15) is 22.8 Å². The van der Waals surface area contributed by atoms with Gasteiger partial charge in [-0.2, -0.15) is 13.2 Å². The lowest BCUT2D eigenvalue weighted by Gasteiger charge is -2.19. The summed E-state index contributed by atoms with van der Waals surface area (Å²) in [7, 11) is 0. The van der Waals surface area contributed by atoms with Crippen LogP contribution in [0.25, 0.3) is 22.6 Å². The van der Waals surface area contributed by atoms with Crippen molar-refractivity contribution in [3.63, 3.8) is 0 Å². The van der Waals surface area contributed by atoms with Crippen molar-refractivity contribution in [2.75, 3.05) is 5.32 Å². The minimum atomic E-state index is -4.77. The van der Waals surface area contributed by atoms with Crippen LogP contribution in [-0.2, 0) is 10.9 Å². The number of rotatable bonds is 5. The highest BCUT2D eigenvalue weighted by Crippen LogP contribution is 2.43. The molecule has 1 N–H and O–H groups in total. The summed E-state index contributed by atoms with van der Waals surface area (Å²) in [4.78, 5) is 25.8. The van der Waals surface area contributed by atoms with Crippen LogP contribution in [0.5, 0.6) is 0 Å². The van der Waals surface area contributed by atoms with E-state index >= 15 is 0 Å². The van der Waals surface area contributed by atoms with E-state index in [1.807, 2.05) is 0 Å². The first-order valence-electron chi connectivity index (χ1n) is 11.4. The van der Waals surface area contributed by atoms with Crippen LogP contribution in [0, 0.1) is 0 Å². The third kappa shape index (κ3) is 5.89. The number of anilines is 1. The van der Waals surface area contributed by atoms with Crippen LogP contribution in [0.2, 0.25) is 5.02 Å². The highest BCUT2D eigenvalue weighted by Gasteiger charge is 2.38. The van der Waals surface area contributed by atoms with Crippen molar-refractivity contribution < 1.29 is 32.0 Å². The highest BCUT2D eigenvalue weighted by molar-refractivity contribution is 6.34. The molecule has 196 valence electrons. The van der Waals surface area contributed by atoms with Crippen molar-refractivity contribution >= 4 is 29.2 Å². The number of alkyl halides is 3. The smallest absolute Gasteiger partial charge is 0.417 e. The molecule has 0 radical (unpaired) electrons. The topological polar surface area (TPSA) is 81.4 Å². The average molecular weight is 543 g/mol. The molecule has 0 aliphatic heterocycles. The van der Waals surface area contributed by atoms with Crippen molar-refractivity contribution in [3.8, 4) is 22.6 Å². The molecule has 0 atom stereocenters. The number of carbonyl (C=O) groups is 2. The standard InChI is InChI=1S/C28H22ClF3N2O4/c1-27(2,3)37-26(36)17-12-14-18(15-13-17)33-25(35)22-23(34-38-24(22)16-8-5-4-6-9-16)21-19(28(30,31)32)10-7-11-20(21)29/h4-15H,1-3H3,(H,33,35). The molecule has 4 rings (SSSR count). The van der Waals surface area contributed by atoms with Gasteiger partial charge in [-0.1, -0.05) is 53.2 Å². The van der Waals surface area contributed by atoms with Crippen molar-refractivity contribution in [1.82, 2.24) is 5.16 Å². The molecule has 6 nitrogen and oxygen atoms in total. The number of esters is 1. The number of benzene rings is 3. The molecule has 10 heteroatoms. The minimum Gasteiger partial charge on any atom is -0.456 e. The summed E-state index contributed by atoms with van der Waals surface area (Å²) in [6.07, 6.45) is -4.77. The molecule has 0 spiro atoms. The molecule has 0 unspecified atom stereocenters. The zero-order chi connectivity index (χ0) is 27.7. The van der Waals surface area contributed by atoms with Crippen molar-refractivity contribution in [1.29, 1.82) is 0 Å². The van der Waals surface area contributed by atoms with Crippen molar-refractivity contribution in [2.24, 2.45) is 0 Å². The molecule has 4 aromatic rings. The number of nitrogens with one attached hydrogen (secondary N) is 1. The van der Waals surface area contributed by atoms with Gasteiger partial charge in [0.1, 0.15) is 16.9 Å². The van der Waals surface area contributed by atoms with Crippen LogP contribution < -0.4 is 5.32 Å². The Kier molecular flexibility index (Phi) is 7.33. The number of aromatic nitrogens is 1. The number of hydrogen-bond donors (Lipinski definition) is 1. The highest BCUT2D eigenvalue weighted by atomic mass is 35.5. The maximum Gasteiger partial charge on any atom is 0.417 e. The number of amides is 1. The lowest BCUT2D eigenvalue weighted by molar-refractivity contribution is -0.137. The van der Waals surface area contributed by atoms with Gasteiger partial charge in [0.15, 0.2) is 5.76 Å². The van der Waals surface area contributed by atoms with Crippen LogP contribution in [-0.4, -0.2) is 22.6 Å². The van der Waals surface area contributed by atoms with Crippen molar-refractivity contribution in [2.45, 2.75) is 32.5 Å². The average Bonchev–Trinajstić information content (AvgIpc) is 3.28. The van der Waals surface area contributed by atoms with E-state index in [1.165, 1.54) is 36.4 Å². The summed E-state index contributed by atoms with van der Waals surface area (Å²) in [5.74, 6) is -1.35. The lowest BCUT2D eigenvalue weighted by atomic mass is 9.97. The van der Waals surface area contributed by atoms with Gasteiger partial charge in [-0.25, -0.2) is 4.79 Å². The Morgan fingerprint density at radius 3 is 2.18 bits per heavy atom. The van der Waals surface area contributed by atoms with E-state index in [0.717, 1.165) is 6.07 Å². The van der Waals surface area contributed by atoms with E-state index in [1.54, 1.807) is 51.1 Å². The second-order valence-corrected chi connectivity index (χ2v) is 9.70. The molecule has 0 saturated heterocycles. The maximum atomic E-state index is 13.9. The van der Waals surface area contributed by atoms with Gasteiger partial charge in [0.2, 0.25) is 0 Å². The van der Waals surface area contributed by atoms with E-state index in [2.05, 4.69) is 10.5 Å². The third-order valence-corrected chi connectivity index (χ3v) is 5.60. The Morgan fingerprint density at radius 1 is 0.921 bits per heavy atom. The van der Waals surface area contributed by atoms with Gasteiger partial charge in [-0.3, -0.25) is 4.79 Å². The summed E-state index contributed by atoms with van der Waals surface area (Å²) >= 11 is 6.20. The number of nitrogens with zero attached hydrogens (tertiary/aromatic N) is 1. The fourth-order valence-corrected chi connectivity index (χ4v) is 3.94. The quantitative estimate of drug-likeness (QED) is 0.259. The Morgan fingerprint density at radius 2 is 1.58 bits per heavy atom. The summed E-state index contributed by atoms with van der Waals surface area (Å²) in [6.45, 7) is 5.22. The van der Waals surface area contributed by atoms with Crippen LogP contribution in [0.4, 0.5) is 18.9 Å². The number of hydrogen-bond acceptors (Lipinski definition) is 5.